The van der Waals surface area contributed by atoms with Crippen LogP contribution in [0.5, 0.6) is 0 Å². The molecule has 1 unspecified atom stereocenters. The van der Waals surface area contributed by atoms with Crippen molar-refractivity contribution in [3.05, 3.63) is 24.8 Å². The van der Waals surface area contributed by atoms with Gasteiger partial charge in [0.1, 0.15) is 11.6 Å². The summed E-state index contributed by atoms with van der Waals surface area (Å²) in [6.45, 7) is 8.71. The van der Waals surface area contributed by atoms with Crippen LogP contribution < -0.4 is 5.32 Å². The molecule has 0 aliphatic carbocycles. The van der Waals surface area contributed by atoms with Gasteiger partial charge in [0, 0.05) is 0 Å². The first-order valence-electron chi connectivity index (χ1n) is 6.26. The highest BCUT2D eigenvalue weighted by molar-refractivity contribution is 5.79. The van der Waals surface area contributed by atoms with Crippen LogP contribution in [-0.2, 0) is 9.53 Å². The van der Waals surface area contributed by atoms with Gasteiger partial charge in [-0.3, -0.25) is 0 Å². The Balaban J connectivity index is 4.19. The number of carbonyl (C=O) groups is 2. The fourth-order valence-electron chi connectivity index (χ4n) is 1.34. The van der Waals surface area contributed by atoms with Gasteiger partial charge in [-0.05, 0) is 40.0 Å². The van der Waals surface area contributed by atoms with Crippen molar-refractivity contribution < 1.29 is 19.4 Å². The van der Waals surface area contributed by atoms with Gasteiger partial charge >= 0.3 is 12.1 Å². The van der Waals surface area contributed by atoms with Crippen molar-refractivity contribution in [3.8, 4) is 0 Å². The second-order valence-corrected chi connectivity index (χ2v) is 5.13. The smallest absolute Gasteiger partial charge is 0.408 e. The summed E-state index contributed by atoms with van der Waals surface area (Å²) in [6.07, 6.45) is 6.42. The fraction of sp³-hybridized carbons (Fsp3) is 0.571. The number of carboxylic acids is 1. The average molecular weight is 269 g/mol. The number of unbranched alkanes of at least 4 members (excludes halogenated alkanes) is 1. The Kier molecular flexibility index (Phi) is 7.56. The summed E-state index contributed by atoms with van der Waals surface area (Å²) < 4.78 is 5.02. The first-order chi connectivity index (χ1) is 8.76. The zero-order valence-electron chi connectivity index (χ0n) is 11.8. The molecule has 0 aliphatic rings. The van der Waals surface area contributed by atoms with Gasteiger partial charge < -0.3 is 15.2 Å². The number of alkyl carbamates (subject to hydrolysis) is 1. The Labute approximate surface area is 114 Å². The highest BCUT2D eigenvalue weighted by atomic mass is 16.6. The molecule has 1 atom stereocenters. The second-order valence-electron chi connectivity index (χ2n) is 5.13. The predicted molar refractivity (Wildman–Crippen MR) is 74.0 cm³/mol. The van der Waals surface area contributed by atoms with E-state index in [2.05, 4.69) is 11.9 Å². The monoisotopic (exact) mass is 269 g/mol. The van der Waals surface area contributed by atoms with Crippen LogP contribution in [-0.4, -0.2) is 28.8 Å². The van der Waals surface area contributed by atoms with Crippen LogP contribution in [0.4, 0.5) is 4.79 Å². The third-order valence-corrected chi connectivity index (χ3v) is 2.12. The average Bonchev–Trinajstić information content (AvgIpc) is 2.24. The van der Waals surface area contributed by atoms with Gasteiger partial charge in [0.15, 0.2) is 0 Å². The number of aliphatic carboxylic acids is 1. The molecule has 0 rings (SSSR count). The maximum absolute atomic E-state index is 11.5. The number of ether oxygens (including phenoxy) is 1. The third-order valence-electron chi connectivity index (χ3n) is 2.12. The summed E-state index contributed by atoms with van der Waals surface area (Å²) in [5.74, 6) is -1.06. The minimum Gasteiger partial charge on any atom is -0.480 e. The molecule has 0 radical (unpaired) electrons. The molecule has 19 heavy (non-hydrogen) atoms. The van der Waals surface area contributed by atoms with Crippen molar-refractivity contribution in [2.24, 2.45) is 0 Å². The van der Waals surface area contributed by atoms with Crippen LogP contribution in [0.1, 0.15) is 40.0 Å². The number of carboxylic acid groups (broad SMARTS) is 1. The van der Waals surface area contributed by atoms with E-state index in [4.69, 9.17) is 9.84 Å². The van der Waals surface area contributed by atoms with Crippen molar-refractivity contribution in [1.29, 1.82) is 0 Å². The molecule has 0 aromatic rings. The Morgan fingerprint density at radius 3 is 2.53 bits per heavy atom. The minimum atomic E-state index is -1.06. The Hall–Kier alpha value is -1.78. The number of hydrogen-bond acceptors (Lipinski definition) is 3. The molecule has 0 saturated heterocycles. The van der Waals surface area contributed by atoms with E-state index in [0.717, 1.165) is 6.42 Å². The van der Waals surface area contributed by atoms with Crippen LogP contribution in [0.15, 0.2) is 24.8 Å². The summed E-state index contributed by atoms with van der Waals surface area (Å²) >= 11 is 0. The molecule has 0 fully saturated rings. The van der Waals surface area contributed by atoms with Gasteiger partial charge in [0.25, 0.3) is 0 Å². The van der Waals surface area contributed by atoms with E-state index < -0.39 is 23.7 Å². The van der Waals surface area contributed by atoms with Crippen LogP contribution >= 0.6 is 0 Å². The topological polar surface area (TPSA) is 75.6 Å². The highest BCUT2D eigenvalue weighted by Gasteiger charge is 2.23. The molecule has 1 amide bonds. The number of rotatable bonds is 7. The molecule has 0 spiro atoms. The lowest BCUT2D eigenvalue weighted by Crippen LogP contribution is -2.43. The van der Waals surface area contributed by atoms with E-state index in [1.165, 1.54) is 0 Å². The summed E-state index contributed by atoms with van der Waals surface area (Å²) in [5, 5.41) is 11.4. The summed E-state index contributed by atoms with van der Waals surface area (Å²) in [4.78, 5) is 22.5. The molecule has 0 saturated carbocycles. The van der Waals surface area contributed by atoms with Gasteiger partial charge in [-0.15, -0.1) is 0 Å². The lowest BCUT2D eigenvalue weighted by molar-refractivity contribution is -0.139. The zero-order chi connectivity index (χ0) is 14.9. The van der Waals surface area contributed by atoms with E-state index in [0.29, 0.717) is 12.8 Å². The molecule has 0 aromatic heterocycles. The van der Waals surface area contributed by atoms with Gasteiger partial charge in [0.05, 0.1) is 0 Å². The van der Waals surface area contributed by atoms with E-state index in [1.807, 2.05) is 6.08 Å². The molecule has 5 heteroatoms. The van der Waals surface area contributed by atoms with E-state index >= 15 is 0 Å². The molecular formula is C14H23NO4. The number of nitrogens with one attached hydrogen (secondary N) is 1. The van der Waals surface area contributed by atoms with Crippen molar-refractivity contribution in [1.82, 2.24) is 5.32 Å². The van der Waals surface area contributed by atoms with Gasteiger partial charge in [-0.25, -0.2) is 9.59 Å². The lowest BCUT2D eigenvalue weighted by Gasteiger charge is -2.21. The number of amides is 1. The van der Waals surface area contributed by atoms with Gasteiger partial charge in [0.2, 0.25) is 0 Å². The molecule has 0 aromatic carbocycles. The van der Waals surface area contributed by atoms with Crippen LogP contribution in [0, 0.1) is 0 Å². The molecule has 0 aliphatic heterocycles. The van der Waals surface area contributed by atoms with Crippen LogP contribution in [0.3, 0.4) is 0 Å². The largest absolute Gasteiger partial charge is 0.480 e. The van der Waals surface area contributed by atoms with Gasteiger partial charge in [-0.1, -0.05) is 24.8 Å². The second kappa shape index (κ2) is 8.34. The quantitative estimate of drug-likeness (QED) is 0.550. The predicted octanol–water partition coefficient (Wildman–Crippen LogP) is 2.88. The number of carbonyl (C=O) groups excluding carboxylic acids is 1. The first-order valence-corrected chi connectivity index (χ1v) is 6.26. The molecular weight excluding hydrogens is 246 g/mol. The maximum Gasteiger partial charge on any atom is 0.408 e. The molecule has 0 heterocycles. The van der Waals surface area contributed by atoms with E-state index in [9.17, 15) is 9.59 Å². The SMILES string of the molecule is C=C/C=C/CCCC(NC(=O)OC(C)(C)C)C(=O)O. The maximum atomic E-state index is 11.5. The Morgan fingerprint density at radius 2 is 2.05 bits per heavy atom. The summed E-state index contributed by atoms with van der Waals surface area (Å²) in [5.41, 5.74) is -0.639. The lowest BCUT2D eigenvalue weighted by atomic mass is 10.1. The van der Waals surface area contributed by atoms with E-state index in [1.54, 1.807) is 32.9 Å². The zero-order valence-corrected chi connectivity index (χ0v) is 11.8. The number of hydrogen-bond donors (Lipinski definition) is 2. The Bertz CT molecular complexity index is 342. The van der Waals surface area contributed by atoms with Crippen molar-refractivity contribution in [3.63, 3.8) is 0 Å². The summed E-state index contributed by atoms with van der Waals surface area (Å²) in [7, 11) is 0. The van der Waals surface area contributed by atoms with Gasteiger partial charge in [-0.2, -0.15) is 0 Å². The fourth-order valence-corrected chi connectivity index (χ4v) is 1.34. The van der Waals surface area contributed by atoms with Crippen LogP contribution in [0.2, 0.25) is 0 Å². The molecule has 108 valence electrons. The molecule has 5 nitrogen and oxygen atoms in total. The Morgan fingerprint density at radius 1 is 1.42 bits per heavy atom. The standard InChI is InChI=1S/C14H23NO4/c1-5-6-7-8-9-10-11(12(16)17)15-13(18)19-14(2,3)4/h5-7,11H,1,8-10H2,2-4H3,(H,15,18)(H,16,17)/b7-6+. The molecule has 2 N–H and O–H groups in total. The summed E-state index contributed by atoms with van der Waals surface area (Å²) in [6, 6.07) is -0.924. The van der Waals surface area contributed by atoms with Crippen molar-refractivity contribution >= 4 is 12.1 Å². The van der Waals surface area contributed by atoms with Crippen molar-refractivity contribution in [2.45, 2.75) is 51.7 Å². The van der Waals surface area contributed by atoms with Crippen molar-refractivity contribution in [2.75, 3.05) is 0 Å². The molecule has 0 bridgehead atoms. The van der Waals surface area contributed by atoms with Crippen LogP contribution in [0.25, 0.3) is 0 Å². The number of allylic oxidation sites excluding steroid dienone is 3. The normalized spacial score (nSPS) is 13.0. The van der Waals surface area contributed by atoms with E-state index in [-0.39, 0.29) is 0 Å². The highest BCUT2D eigenvalue weighted by Crippen LogP contribution is 2.08. The third kappa shape index (κ3) is 9.88. The first kappa shape index (κ1) is 17.2. The minimum absolute atomic E-state index is 0.357.